The second-order valence-electron chi connectivity index (χ2n) is 4.77. The number of para-hydroxylation sites is 1. The Labute approximate surface area is 122 Å². The Morgan fingerprint density at radius 2 is 2.10 bits per heavy atom. The third-order valence-corrected chi connectivity index (χ3v) is 3.16. The average molecular weight is 287 g/mol. The van der Waals surface area contributed by atoms with Gasteiger partial charge in [0, 0.05) is 11.1 Å². The molecule has 1 amide bonds. The normalized spacial score (nSPS) is 12.0. The molecule has 0 radical (unpaired) electrons. The number of amides is 1. The summed E-state index contributed by atoms with van der Waals surface area (Å²) >= 11 is 0. The van der Waals surface area contributed by atoms with Gasteiger partial charge in [-0.15, -0.1) is 0 Å². The molecule has 0 aliphatic rings. The molecular formula is C15H17N3O3. The van der Waals surface area contributed by atoms with Crippen molar-refractivity contribution >= 4 is 28.5 Å². The summed E-state index contributed by atoms with van der Waals surface area (Å²) in [6.07, 6.45) is 1.02. The summed E-state index contributed by atoms with van der Waals surface area (Å²) in [7, 11) is 0. The van der Waals surface area contributed by atoms with Crippen LogP contribution in [-0.2, 0) is 4.79 Å². The summed E-state index contributed by atoms with van der Waals surface area (Å²) < 4.78 is 0. The van der Waals surface area contributed by atoms with Crippen LogP contribution in [0.3, 0.4) is 0 Å². The van der Waals surface area contributed by atoms with Crippen molar-refractivity contribution in [2.45, 2.75) is 25.8 Å². The van der Waals surface area contributed by atoms with E-state index in [4.69, 9.17) is 10.8 Å². The van der Waals surface area contributed by atoms with E-state index in [1.807, 2.05) is 19.1 Å². The van der Waals surface area contributed by atoms with Crippen molar-refractivity contribution in [3.8, 4) is 0 Å². The summed E-state index contributed by atoms with van der Waals surface area (Å²) in [5, 5.41) is 12.3. The smallest absolute Gasteiger partial charge is 0.326 e. The van der Waals surface area contributed by atoms with Gasteiger partial charge in [0.2, 0.25) is 0 Å². The predicted octanol–water partition coefficient (Wildman–Crippen LogP) is 1.80. The molecule has 21 heavy (non-hydrogen) atoms. The number of carboxylic acid groups (broad SMARTS) is 1. The third kappa shape index (κ3) is 3.28. The molecule has 0 saturated heterocycles. The monoisotopic (exact) mass is 287 g/mol. The number of carbonyl (C=O) groups excluding carboxylic acids is 1. The van der Waals surface area contributed by atoms with Gasteiger partial charge in [0.15, 0.2) is 0 Å². The number of nitrogen functional groups attached to an aromatic ring is 1. The molecule has 0 fully saturated rings. The number of hydrogen-bond donors (Lipinski definition) is 3. The fourth-order valence-corrected chi connectivity index (χ4v) is 2.10. The molecule has 2 rings (SSSR count). The molecule has 1 aromatic heterocycles. The summed E-state index contributed by atoms with van der Waals surface area (Å²) in [6, 6.07) is 7.74. The van der Waals surface area contributed by atoms with Crippen molar-refractivity contribution < 1.29 is 14.7 Å². The molecular weight excluding hydrogens is 270 g/mol. The van der Waals surface area contributed by atoms with Crippen LogP contribution in [0, 0.1) is 0 Å². The zero-order chi connectivity index (χ0) is 15.4. The number of benzene rings is 1. The highest BCUT2D eigenvalue weighted by Crippen LogP contribution is 2.20. The zero-order valence-electron chi connectivity index (χ0n) is 11.7. The summed E-state index contributed by atoms with van der Waals surface area (Å²) in [6.45, 7) is 1.86. The van der Waals surface area contributed by atoms with Crippen LogP contribution in [0.2, 0.25) is 0 Å². The number of nitrogens with two attached hydrogens (primary N) is 1. The van der Waals surface area contributed by atoms with Crippen LogP contribution in [0.1, 0.15) is 30.3 Å². The number of anilines is 1. The van der Waals surface area contributed by atoms with Crippen molar-refractivity contribution in [3.63, 3.8) is 0 Å². The zero-order valence-corrected chi connectivity index (χ0v) is 11.7. The Morgan fingerprint density at radius 3 is 2.76 bits per heavy atom. The summed E-state index contributed by atoms with van der Waals surface area (Å²) in [4.78, 5) is 27.4. The molecule has 6 heteroatoms. The Kier molecular flexibility index (Phi) is 4.37. The molecule has 0 spiro atoms. The minimum atomic E-state index is -1.06. The van der Waals surface area contributed by atoms with E-state index in [1.54, 1.807) is 12.1 Å². The number of nitrogens with one attached hydrogen (secondary N) is 1. The Hall–Kier alpha value is -2.63. The van der Waals surface area contributed by atoms with E-state index in [0.717, 1.165) is 5.39 Å². The molecule has 6 nitrogen and oxygen atoms in total. The van der Waals surface area contributed by atoms with Gasteiger partial charge in [0.1, 0.15) is 11.7 Å². The maximum absolute atomic E-state index is 12.1. The summed E-state index contributed by atoms with van der Waals surface area (Å²) in [5.74, 6) is -1.59. The van der Waals surface area contributed by atoms with Crippen molar-refractivity contribution in [1.82, 2.24) is 10.3 Å². The van der Waals surface area contributed by atoms with Gasteiger partial charge in [-0.2, -0.15) is 0 Å². The van der Waals surface area contributed by atoms with Crippen LogP contribution in [0.25, 0.3) is 10.9 Å². The first-order chi connectivity index (χ1) is 10.0. The lowest BCUT2D eigenvalue weighted by molar-refractivity contribution is -0.139. The number of pyridine rings is 1. The van der Waals surface area contributed by atoms with E-state index in [1.165, 1.54) is 6.07 Å². The van der Waals surface area contributed by atoms with Crippen molar-refractivity contribution in [3.05, 3.63) is 36.0 Å². The molecule has 0 aliphatic carbocycles. The number of aromatic nitrogens is 1. The van der Waals surface area contributed by atoms with Gasteiger partial charge in [-0.3, -0.25) is 4.79 Å². The highest BCUT2D eigenvalue weighted by atomic mass is 16.4. The lowest BCUT2D eigenvalue weighted by Gasteiger charge is -2.13. The van der Waals surface area contributed by atoms with Crippen molar-refractivity contribution in [2.24, 2.45) is 0 Å². The molecule has 4 N–H and O–H groups in total. The number of carbonyl (C=O) groups is 2. The van der Waals surface area contributed by atoms with E-state index in [2.05, 4.69) is 10.3 Å². The maximum atomic E-state index is 12.1. The molecule has 2 aromatic rings. The third-order valence-electron chi connectivity index (χ3n) is 3.16. The Balaban J connectivity index is 2.29. The van der Waals surface area contributed by atoms with Gasteiger partial charge in [0.25, 0.3) is 5.91 Å². The molecule has 0 bridgehead atoms. The Bertz CT molecular complexity index is 685. The van der Waals surface area contributed by atoms with Crippen LogP contribution < -0.4 is 11.1 Å². The fraction of sp³-hybridized carbons (Fsp3) is 0.267. The number of hydrogen-bond acceptors (Lipinski definition) is 4. The van der Waals surface area contributed by atoms with Gasteiger partial charge in [-0.1, -0.05) is 31.5 Å². The van der Waals surface area contributed by atoms with E-state index < -0.39 is 17.9 Å². The van der Waals surface area contributed by atoms with Crippen LogP contribution in [0.4, 0.5) is 5.69 Å². The number of carboxylic acids is 1. The number of rotatable bonds is 5. The van der Waals surface area contributed by atoms with Crippen LogP contribution >= 0.6 is 0 Å². The van der Waals surface area contributed by atoms with Crippen LogP contribution in [0.5, 0.6) is 0 Å². The molecule has 0 saturated carbocycles. The number of fused-ring (bicyclic) bond motifs is 1. The lowest BCUT2D eigenvalue weighted by Crippen LogP contribution is -2.41. The highest BCUT2D eigenvalue weighted by molar-refractivity contribution is 6.00. The van der Waals surface area contributed by atoms with E-state index in [0.29, 0.717) is 24.0 Å². The van der Waals surface area contributed by atoms with Gasteiger partial charge in [-0.05, 0) is 18.6 Å². The largest absolute Gasteiger partial charge is 0.480 e. The average Bonchev–Trinajstić information content (AvgIpc) is 2.46. The molecule has 1 heterocycles. The lowest BCUT2D eigenvalue weighted by atomic mass is 10.1. The second-order valence-corrected chi connectivity index (χ2v) is 4.77. The topological polar surface area (TPSA) is 105 Å². The first kappa shape index (κ1) is 14.8. The fourth-order valence-electron chi connectivity index (χ4n) is 2.10. The SMILES string of the molecule is CCC[C@@H](NC(=O)c1cc(N)c2ccccc2n1)C(=O)O. The number of aliphatic carboxylic acids is 1. The minimum Gasteiger partial charge on any atom is -0.480 e. The van der Waals surface area contributed by atoms with Crippen molar-refractivity contribution in [1.29, 1.82) is 0 Å². The molecule has 1 atom stereocenters. The maximum Gasteiger partial charge on any atom is 0.326 e. The standard InChI is InChI=1S/C15H17N3O3/c1-2-5-12(15(20)21)18-14(19)13-8-10(16)9-6-3-4-7-11(9)17-13/h3-4,6-8,12H,2,5H2,1H3,(H2,16,17)(H,18,19)(H,20,21)/t12-/m1/s1. The van der Waals surface area contributed by atoms with E-state index in [9.17, 15) is 9.59 Å². The van der Waals surface area contributed by atoms with Crippen molar-refractivity contribution in [2.75, 3.05) is 5.73 Å². The molecule has 110 valence electrons. The van der Waals surface area contributed by atoms with Gasteiger partial charge < -0.3 is 16.2 Å². The summed E-state index contributed by atoms with van der Waals surface area (Å²) in [5.41, 5.74) is 7.07. The van der Waals surface area contributed by atoms with Crippen LogP contribution in [0.15, 0.2) is 30.3 Å². The van der Waals surface area contributed by atoms with E-state index >= 15 is 0 Å². The minimum absolute atomic E-state index is 0.119. The molecule has 0 unspecified atom stereocenters. The highest BCUT2D eigenvalue weighted by Gasteiger charge is 2.20. The second kappa shape index (κ2) is 6.21. The van der Waals surface area contributed by atoms with Crippen LogP contribution in [-0.4, -0.2) is 28.0 Å². The van der Waals surface area contributed by atoms with E-state index in [-0.39, 0.29) is 5.69 Å². The van der Waals surface area contributed by atoms with Gasteiger partial charge >= 0.3 is 5.97 Å². The first-order valence-corrected chi connectivity index (χ1v) is 6.72. The predicted molar refractivity (Wildman–Crippen MR) is 80.0 cm³/mol. The quantitative estimate of drug-likeness (QED) is 0.777. The number of nitrogens with zero attached hydrogens (tertiary/aromatic N) is 1. The molecule has 0 aliphatic heterocycles. The van der Waals surface area contributed by atoms with Gasteiger partial charge in [0.05, 0.1) is 5.52 Å². The Morgan fingerprint density at radius 1 is 1.38 bits per heavy atom. The molecule has 1 aromatic carbocycles. The first-order valence-electron chi connectivity index (χ1n) is 6.72. The van der Waals surface area contributed by atoms with Gasteiger partial charge in [-0.25, -0.2) is 9.78 Å².